The van der Waals surface area contributed by atoms with E-state index in [0.717, 1.165) is 18.8 Å². The topological polar surface area (TPSA) is 67.3 Å². The van der Waals surface area contributed by atoms with E-state index in [2.05, 4.69) is 34.6 Å². The highest BCUT2D eigenvalue weighted by Gasteiger charge is 2.18. The number of quaternary nitrogens is 1. The third-order valence-electron chi connectivity index (χ3n) is 5.45. The average Bonchev–Trinajstić information content (AvgIpc) is 2.80. The van der Waals surface area contributed by atoms with Crippen LogP contribution in [0.2, 0.25) is 0 Å². The number of rotatable bonds is 8. The van der Waals surface area contributed by atoms with Gasteiger partial charge < -0.3 is 24.6 Å². The molecule has 1 saturated heterocycles. The largest absolute Gasteiger partial charge is 0.494 e. The molecule has 3 N–H and O–H groups in total. The molecule has 2 aromatic rings. The maximum absolute atomic E-state index is 12.7. The molecule has 0 unspecified atom stereocenters. The van der Waals surface area contributed by atoms with Crippen LogP contribution in [0.25, 0.3) is 0 Å². The maximum Gasteiger partial charge on any atom is 0.257 e. The fourth-order valence-corrected chi connectivity index (χ4v) is 3.94. The summed E-state index contributed by atoms with van der Waals surface area (Å²) in [6.45, 7) is 12.7. The normalized spacial score (nSPS) is 14.0. The molecule has 0 radical (unpaired) electrons. The fourth-order valence-electron chi connectivity index (χ4n) is 3.73. The van der Waals surface area contributed by atoms with Gasteiger partial charge in [0.15, 0.2) is 5.11 Å². The third-order valence-corrected chi connectivity index (χ3v) is 5.66. The van der Waals surface area contributed by atoms with Gasteiger partial charge in [-0.25, -0.2) is 0 Å². The number of nitrogens with zero attached hydrogens (tertiary/aromatic N) is 1. The Kier molecular flexibility index (Phi) is 8.70. The first-order chi connectivity index (χ1) is 15.5. The zero-order chi connectivity index (χ0) is 22.9. The predicted molar refractivity (Wildman–Crippen MR) is 132 cm³/mol. The molecule has 0 saturated carbocycles. The van der Waals surface area contributed by atoms with E-state index in [4.69, 9.17) is 21.7 Å². The smallest absolute Gasteiger partial charge is 0.257 e. The van der Waals surface area contributed by atoms with Crippen LogP contribution in [0.1, 0.15) is 31.1 Å². The highest BCUT2D eigenvalue weighted by atomic mass is 32.1. The summed E-state index contributed by atoms with van der Waals surface area (Å²) in [6, 6.07) is 13.3. The van der Waals surface area contributed by atoms with Crippen molar-refractivity contribution in [2.24, 2.45) is 0 Å². The van der Waals surface area contributed by atoms with E-state index in [9.17, 15) is 4.79 Å². The lowest BCUT2D eigenvalue weighted by Crippen LogP contribution is -3.14. The van der Waals surface area contributed by atoms with Gasteiger partial charge in [0.05, 0.1) is 45.9 Å². The molecule has 1 amide bonds. The summed E-state index contributed by atoms with van der Waals surface area (Å²) in [6.07, 6.45) is 0. The third kappa shape index (κ3) is 6.58. The van der Waals surface area contributed by atoms with Gasteiger partial charge in [0.25, 0.3) is 5.91 Å². The van der Waals surface area contributed by atoms with Crippen LogP contribution in [0.3, 0.4) is 0 Å². The second kappa shape index (κ2) is 11.7. The second-order valence-corrected chi connectivity index (χ2v) is 8.01. The van der Waals surface area contributed by atoms with Crippen LogP contribution in [-0.2, 0) is 0 Å². The van der Waals surface area contributed by atoms with Crippen LogP contribution >= 0.6 is 12.2 Å². The molecule has 8 heteroatoms. The van der Waals surface area contributed by atoms with Crippen molar-refractivity contribution >= 4 is 34.6 Å². The van der Waals surface area contributed by atoms with Gasteiger partial charge in [-0.2, -0.15) is 0 Å². The molecule has 172 valence electrons. The van der Waals surface area contributed by atoms with Crippen molar-refractivity contribution < 1.29 is 19.2 Å². The Morgan fingerprint density at radius 3 is 2.12 bits per heavy atom. The van der Waals surface area contributed by atoms with E-state index in [1.54, 1.807) is 23.1 Å². The summed E-state index contributed by atoms with van der Waals surface area (Å²) < 4.78 is 11.1. The van der Waals surface area contributed by atoms with Crippen molar-refractivity contribution in [3.63, 3.8) is 0 Å². The van der Waals surface area contributed by atoms with E-state index in [1.807, 2.05) is 26.0 Å². The zero-order valence-corrected chi connectivity index (χ0v) is 19.9. The average molecular weight is 458 g/mol. The summed E-state index contributed by atoms with van der Waals surface area (Å²) in [7, 11) is 0. The Hall–Kier alpha value is -2.84. The number of likely N-dealkylation sites (N-methyl/N-ethyl adjacent to an activating group) is 1. The van der Waals surface area contributed by atoms with Crippen molar-refractivity contribution in [2.45, 2.75) is 20.8 Å². The number of nitrogens with one attached hydrogen (secondary N) is 3. The summed E-state index contributed by atoms with van der Waals surface area (Å²) in [5.74, 6) is 0.844. The molecule has 0 spiro atoms. The minimum atomic E-state index is -0.321. The van der Waals surface area contributed by atoms with E-state index in [0.29, 0.717) is 30.3 Å². The van der Waals surface area contributed by atoms with Gasteiger partial charge in [-0.15, -0.1) is 0 Å². The van der Waals surface area contributed by atoms with E-state index < -0.39 is 0 Å². The predicted octanol–water partition coefficient (Wildman–Crippen LogP) is 2.34. The van der Waals surface area contributed by atoms with Gasteiger partial charge in [0.1, 0.15) is 11.5 Å². The summed E-state index contributed by atoms with van der Waals surface area (Å²) >= 11 is 5.35. The molecular weight excluding hydrogens is 424 g/mol. The van der Waals surface area contributed by atoms with Crippen LogP contribution < -0.4 is 29.9 Å². The zero-order valence-electron chi connectivity index (χ0n) is 19.1. The number of anilines is 2. The maximum atomic E-state index is 12.7. The number of piperazine rings is 1. The molecular formula is C24H33N4O3S+. The molecule has 0 atom stereocenters. The minimum Gasteiger partial charge on any atom is -0.494 e. The van der Waals surface area contributed by atoms with Crippen LogP contribution in [-0.4, -0.2) is 57.0 Å². The van der Waals surface area contributed by atoms with Gasteiger partial charge in [-0.3, -0.25) is 10.1 Å². The molecule has 32 heavy (non-hydrogen) atoms. The lowest BCUT2D eigenvalue weighted by molar-refractivity contribution is -0.898. The summed E-state index contributed by atoms with van der Waals surface area (Å²) in [5.41, 5.74) is 2.46. The van der Waals surface area contributed by atoms with Crippen molar-refractivity contribution in [3.05, 3.63) is 48.0 Å². The molecule has 7 nitrogen and oxygen atoms in total. The first-order valence-corrected chi connectivity index (χ1v) is 11.6. The van der Waals surface area contributed by atoms with Crippen LogP contribution in [0.5, 0.6) is 11.5 Å². The lowest BCUT2D eigenvalue weighted by atomic mass is 10.2. The SMILES string of the molecule is CCOc1cc(OCC)cc(C(=O)NC(=S)Nc2ccc(N3CC[NH+](CC)CC3)cc2)c1. The number of hydrogen-bond donors (Lipinski definition) is 3. The first-order valence-electron chi connectivity index (χ1n) is 11.2. The number of carbonyl (C=O) groups excluding carboxylic acids is 1. The van der Waals surface area contributed by atoms with Crippen molar-refractivity contribution in [1.82, 2.24) is 5.32 Å². The standard InChI is InChI=1S/C24H32N4O3S/c1-4-27-11-13-28(14-12-27)20-9-7-19(8-10-20)25-24(32)26-23(29)18-15-21(30-5-2)17-22(16-18)31-6-3/h7-10,15-17H,4-6,11-14H2,1-3H3,(H2,25,26,29,32)/p+1. The van der Waals surface area contributed by atoms with Gasteiger partial charge in [-0.1, -0.05) is 0 Å². The molecule has 1 aliphatic rings. The highest BCUT2D eigenvalue weighted by molar-refractivity contribution is 7.80. The van der Waals surface area contributed by atoms with Crippen LogP contribution in [0.4, 0.5) is 11.4 Å². The number of carbonyl (C=O) groups is 1. The molecule has 1 heterocycles. The molecule has 1 fully saturated rings. The Morgan fingerprint density at radius 1 is 1.00 bits per heavy atom. The Balaban J connectivity index is 1.58. The van der Waals surface area contributed by atoms with Crippen LogP contribution in [0, 0.1) is 0 Å². The van der Waals surface area contributed by atoms with Gasteiger partial charge >= 0.3 is 0 Å². The summed E-state index contributed by atoms with van der Waals surface area (Å²) in [5, 5.41) is 6.05. The van der Waals surface area contributed by atoms with E-state index in [1.165, 1.54) is 25.3 Å². The molecule has 0 aromatic heterocycles. The first kappa shape index (κ1) is 23.8. The molecule has 0 bridgehead atoms. The van der Waals surface area contributed by atoms with E-state index in [-0.39, 0.29) is 11.0 Å². The summed E-state index contributed by atoms with van der Waals surface area (Å²) in [4.78, 5) is 16.8. The monoisotopic (exact) mass is 457 g/mol. The highest BCUT2D eigenvalue weighted by Crippen LogP contribution is 2.23. The van der Waals surface area contributed by atoms with E-state index >= 15 is 0 Å². The van der Waals surface area contributed by atoms with Gasteiger partial charge in [0, 0.05) is 23.0 Å². The lowest BCUT2D eigenvalue weighted by Gasteiger charge is -2.33. The van der Waals surface area contributed by atoms with Crippen molar-refractivity contribution in [3.8, 4) is 11.5 Å². The van der Waals surface area contributed by atoms with Gasteiger partial charge in [0.2, 0.25) is 0 Å². The number of amides is 1. The van der Waals surface area contributed by atoms with Crippen LogP contribution in [0.15, 0.2) is 42.5 Å². The number of ether oxygens (including phenoxy) is 2. The number of hydrogen-bond acceptors (Lipinski definition) is 5. The second-order valence-electron chi connectivity index (χ2n) is 7.60. The number of benzene rings is 2. The molecule has 3 rings (SSSR count). The fraction of sp³-hybridized carbons (Fsp3) is 0.417. The Bertz CT molecular complexity index is 888. The molecule has 2 aromatic carbocycles. The van der Waals surface area contributed by atoms with Gasteiger partial charge in [-0.05, 0) is 69.4 Å². The Labute approximate surface area is 195 Å². The quantitative estimate of drug-likeness (QED) is 0.529. The van der Waals surface area contributed by atoms with Crippen molar-refractivity contribution in [2.75, 3.05) is 56.2 Å². The number of thiocarbonyl (C=S) groups is 1. The Morgan fingerprint density at radius 2 is 1.59 bits per heavy atom. The minimum absolute atomic E-state index is 0.239. The molecule has 1 aliphatic heterocycles. The molecule has 0 aliphatic carbocycles. The van der Waals surface area contributed by atoms with Crippen molar-refractivity contribution in [1.29, 1.82) is 0 Å².